The standard InChI is InChI=1S/C7H4F3NO2.C6H3Cl2NO2/c8-7(9,10)5-1-2-11-3-4(5)6(12)13;7-4-2-1-3(6(10)11)5(8)9-4/h1-3H,(H,12,13);1-2H,(H,10,11). The topological polar surface area (TPSA) is 100 Å². The van der Waals surface area contributed by atoms with Gasteiger partial charge in [0.2, 0.25) is 0 Å². The van der Waals surface area contributed by atoms with Crippen LogP contribution in [0, 0.1) is 0 Å². The first-order chi connectivity index (χ1) is 11.0. The SMILES string of the molecule is O=C(O)c1ccc(Cl)nc1Cl.O=C(O)c1cnccc1C(F)(F)F. The molecule has 0 aromatic carbocycles. The first kappa shape index (κ1) is 19.7. The molecule has 0 saturated heterocycles. The monoisotopic (exact) mass is 382 g/mol. The minimum absolute atomic E-state index is 0.0453. The van der Waals surface area contributed by atoms with Crippen LogP contribution in [0.1, 0.15) is 26.3 Å². The zero-order valence-corrected chi connectivity index (χ0v) is 12.9. The van der Waals surface area contributed by atoms with Gasteiger partial charge in [-0.3, -0.25) is 4.98 Å². The maximum atomic E-state index is 12.1. The molecule has 0 radical (unpaired) electrons. The molecular formula is C13H7Cl2F3N2O4. The van der Waals surface area contributed by atoms with E-state index in [9.17, 15) is 22.8 Å². The lowest BCUT2D eigenvalue weighted by Crippen LogP contribution is -2.12. The Morgan fingerprint density at radius 1 is 1.00 bits per heavy atom. The number of alkyl halides is 3. The van der Waals surface area contributed by atoms with Crippen molar-refractivity contribution in [3.63, 3.8) is 0 Å². The third-order valence-electron chi connectivity index (χ3n) is 2.40. The van der Waals surface area contributed by atoms with Crippen molar-refractivity contribution in [2.75, 3.05) is 0 Å². The van der Waals surface area contributed by atoms with E-state index in [4.69, 9.17) is 33.4 Å². The van der Waals surface area contributed by atoms with Crippen molar-refractivity contribution >= 4 is 35.1 Å². The Kier molecular flexibility index (Phi) is 6.50. The number of carboxylic acids is 2. The molecule has 0 aliphatic rings. The molecule has 128 valence electrons. The number of halogens is 5. The molecule has 11 heteroatoms. The highest BCUT2D eigenvalue weighted by molar-refractivity contribution is 6.34. The summed E-state index contributed by atoms with van der Waals surface area (Å²) in [5.74, 6) is -2.75. The van der Waals surface area contributed by atoms with Gasteiger partial charge in [-0.25, -0.2) is 14.6 Å². The van der Waals surface area contributed by atoms with Gasteiger partial charge in [0.25, 0.3) is 0 Å². The van der Waals surface area contributed by atoms with Crippen LogP contribution < -0.4 is 0 Å². The average Bonchev–Trinajstić information content (AvgIpc) is 2.46. The Labute approximate surface area is 142 Å². The number of hydrogen-bond donors (Lipinski definition) is 2. The molecule has 2 heterocycles. The summed E-state index contributed by atoms with van der Waals surface area (Å²) in [6.45, 7) is 0. The molecule has 0 aliphatic carbocycles. The summed E-state index contributed by atoms with van der Waals surface area (Å²) in [6.07, 6.45) is -3.09. The number of carbonyl (C=O) groups is 2. The zero-order chi connectivity index (χ0) is 18.5. The third-order valence-corrected chi connectivity index (χ3v) is 2.90. The second kappa shape index (κ2) is 7.93. The highest BCUT2D eigenvalue weighted by Crippen LogP contribution is 2.31. The molecule has 0 spiro atoms. The lowest BCUT2D eigenvalue weighted by Gasteiger charge is -2.08. The van der Waals surface area contributed by atoms with Crippen molar-refractivity contribution in [3.05, 3.63) is 57.6 Å². The predicted molar refractivity (Wildman–Crippen MR) is 77.4 cm³/mol. The average molecular weight is 383 g/mol. The van der Waals surface area contributed by atoms with Crippen LogP contribution >= 0.6 is 23.2 Å². The first-order valence-electron chi connectivity index (χ1n) is 5.84. The second-order valence-electron chi connectivity index (χ2n) is 4.00. The molecule has 0 bridgehead atoms. The van der Waals surface area contributed by atoms with E-state index in [0.717, 1.165) is 6.20 Å². The third kappa shape index (κ3) is 5.36. The molecule has 2 N–H and O–H groups in total. The maximum absolute atomic E-state index is 12.1. The number of hydrogen-bond acceptors (Lipinski definition) is 4. The second-order valence-corrected chi connectivity index (χ2v) is 4.75. The quantitative estimate of drug-likeness (QED) is 0.764. The Morgan fingerprint density at radius 2 is 1.58 bits per heavy atom. The van der Waals surface area contributed by atoms with E-state index in [2.05, 4.69) is 9.97 Å². The van der Waals surface area contributed by atoms with Gasteiger partial charge in [-0.15, -0.1) is 0 Å². The summed E-state index contributed by atoms with van der Waals surface area (Å²) in [5.41, 5.74) is -2.07. The predicted octanol–water partition coefficient (Wildman–Crippen LogP) is 3.89. The van der Waals surface area contributed by atoms with Crippen LogP contribution in [0.15, 0.2) is 30.6 Å². The largest absolute Gasteiger partial charge is 0.478 e. The highest BCUT2D eigenvalue weighted by atomic mass is 35.5. The lowest BCUT2D eigenvalue weighted by atomic mass is 10.1. The van der Waals surface area contributed by atoms with E-state index in [1.165, 1.54) is 12.1 Å². The number of aromatic carboxylic acids is 2. The van der Waals surface area contributed by atoms with Crippen molar-refractivity contribution in [3.8, 4) is 0 Å². The highest BCUT2D eigenvalue weighted by Gasteiger charge is 2.35. The number of nitrogens with zero attached hydrogens (tertiary/aromatic N) is 2. The summed E-state index contributed by atoms with van der Waals surface area (Å²) < 4.78 is 36.4. The van der Waals surface area contributed by atoms with Crippen LogP contribution in [0.3, 0.4) is 0 Å². The normalized spacial score (nSPS) is 10.5. The van der Waals surface area contributed by atoms with Gasteiger partial charge in [0.15, 0.2) is 0 Å². The molecule has 0 unspecified atom stereocenters. The van der Waals surface area contributed by atoms with E-state index >= 15 is 0 Å². The van der Waals surface area contributed by atoms with Crippen molar-refractivity contribution < 1.29 is 33.0 Å². The fourth-order valence-electron chi connectivity index (χ4n) is 1.38. The van der Waals surface area contributed by atoms with Crippen molar-refractivity contribution in [1.82, 2.24) is 9.97 Å². The number of aromatic nitrogens is 2. The molecular weight excluding hydrogens is 376 g/mol. The van der Waals surface area contributed by atoms with Crippen LogP contribution in [-0.2, 0) is 6.18 Å². The Balaban J connectivity index is 0.000000243. The van der Waals surface area contributed by atoms with Crippen molar-refractivity contribution in [1.29, 1.82) is 0 Å². The zero-order valence-electron chi connectivity index (χ0n) is 11.4. The number of carboxylic acid groups (broad SMARTS) is 2. The Bertz CT molecular complexity index is 769. The Hall–Kier alpha value is -2.39. The van der Waals surface area contributed by atoms with E-state index in [1.807, 2.05) is 0 Å². The van der Waals surface area contributed by atoms with Gasteiger partial charge in [0.1, 0.15) is 10.3 Å². The van der Waals surface area contributed by atoms with E-state index in [0.29, 0.717) is 12.3 Å². The van der Waals surface area contributed by atoms with Crippen molar-refractivity contribution in [2.24, 2.45) is 0 Å². The lowest BCUT2D eigenvalue weighted by molar-refractivity contribution is -0.138. The Morgan fingerprint density at radius 3 is 2.00 bits per heavy atom. The molecule has 0 amide bonds. The summed E-state index contributed by atoms with van der Waals surface area (Å²) >= 11 is 10.9. The van der Waals surface area contributed by atoms with Crippen LogP contribution in [0.5, 0.6) is 0 Å². The van der Waals surface area contributed by atoms with Crippen molar-refractivity contribution in [2.45, 2.75) is 6.18 Å². The molecule has 2 rings (SSSR count). The van der Waals surface area contributed by atoms with Gasteiger partial charge in [-0.1, -0.05) is 23.2 Å². The van der Waals surface area contributed by atoms with E-state index in [-0.39, 0.29) is 15.9 Å². The van der Waals surface area contributed by atoms with Gasteiger partial charge in [0, 0.05) is 12.4 Å². The molecule has 0 aliphatic heterocycles. The van der Waals surface area contributed by atoms with Gasteiger partial charge >= 0.3 is 18.1 Å². The van der Waals surface area contributed by atoms with Gasteiger partial charge < -0.3 is 10.2 Å². The van der Waals surface area contributed by atoms with Gasteiger partial charge in [-0.2, -0.15) is 13.2 Å². The van der Waals surface area contributed by atoms with E-state index in [1.54, 1.807) is 0 Å². The summed E-state index contributed by atoms with van der Waals surface area (Å²) in [6, 6.07) is 3.31. The maximum Gasteiger partial charge on any atom is 0.417 e. The molecule has 2 aromatic heterocycles. The molecule has 0 fully saturated rings. The number of pyridine rings is 2. The van der Waals surface area contributed by atoms with Crippen LogP contribution in [0.2, 0.25) is 10.3 Å². The minimum Gasteiger partial charge on any atom is -0.478 e. The first-order valence-corrected chi connectivity index (χ1v) is 6.59. The molecule has 2 aromatic rings. The summed E-state index contributed by atoms with van der Waals surface area (Å²) in [4.78, 5) is 27.5. The summed E-state index contributed by atoms with van der Waals surface area (Å²) in [7, 11) is 0. The van der Waals surface area contributed by atoms with Crippen LogP contribution in [0.25, 0.3) is 0 Å². The molecule has 0 atom stereocenters. The fourth-order valence-corrected chi connectivity index (χ4v) is 1.81. The van der Waals surface area contributed by atoms with Crippen LogP contribution in [0.4, 0.5) is 13.2 Å². The molecule has 0 saturated carbocycles. The summed E-state index contributed by atoms with van der Waals surface area (Å²) in [5, 5.41) is 17.0. The fraction of sp³-hybridized carbons (Fsp3) is 0.0769. The van der Waals surface area contributed by atoms with E-state index < -0.39 is 29.2 Å². The van der Waals surface area contributed by atoms with Gasteiger partial charge in [0.05, 0.1) is 16.7 Å². The van der Waals surface area contributed by atoms with Crippen LogP contribution in [-0.4, -0.2) is 32.1 Å². The van der Waals surface area contributed by atoms with Gasteiger partial charge in [-0.05, 0) is 18.2 Å². The molecule has 6 nitrogen and oxygen atoms in total. The minimum atomic E-state index is -4.66. The number of rotatable bonds is 2. The smallest absolute Gasteiger partial charge is 0.417 e. The molecule has 24 heavy (non-hydrogen) atoms.